The molecule has 0 saturated carbocycles. The Bertz CT molecular complexity index is 634. The Kier molecular flexibility index (Phi) is 4.19. The van der Waals surface area contributed by atoms with Crippen molar-refractivity contribution in [3.63, 3.8) is 0 Å². The van der Waals surface area contributed by atoms with Gasteiger partial charge < -0.3 is 10.2 Å². The van der Waals surface area contributed by atoms with E-state index in [1.165, 1.54) is 0 Å². The zero-order valence-corrected chi connectivity index (χ0v) is 14.2. The van der Waals surface area contributed by atoms with E-state index in [0.717, 1.165) is 34.9 Å². The van der Waals surface area contributed by atoms with Gasteiger partial charge in [-0.2, -0.15) is 4.98 Å². The molecule has 112 valence electrons. The van der Waals surface area contributed by atoms with Crippen LogP contribution in [0, 0.1) is 0 Å². The Morgan fingerprint density at radius 3 is 2.67 bits per heavy atom. The van der Waals surface area contributed by atoms with Gasteiger partial charge in [-0.05, 0) is 48.0 Å². The van der Waals surface area contributed by atoms with Crippen molar-refractivity contribution in [1.29, 1.82) is 0 Å². The number of anilines is 1. The molecule has 2 heterocycles. The number of H-pyrrole nitrogens is 1. The molecule has 2 N–H and O–H groups in total. The number of aromatic amines is 1. The minimum Gasteiger partial charge on any atom is -0.336 e. The molecule has 0 spiro atoms. The molecule has 1 aromatic carbocycles. The maximum Gasteiger partial charge on any atom is 0.245 e. The molecule has 0 aliphatic carbocycles. The Labute approximate surface area is 137 Å². The molecule has 0 amide bonds. The van der Waals surface area contributed by atoms with Crippen LogP contribution in [0.5, 0.6) is 0 Å². The molecule has 0 bridgehead atoms. The molecule has 2 atom stereocenters. The molecule has 1 aliphatic rings. The molecule has 1 saturated heterocycles. The van der Waals surface area contributed by atoms with Gasteiger partial charge in [0.05, 0.1) is 5.02 Å². The van der Waals surface area contributed by atoms with Crippen LogP contribution in [0.15, 0.2) is 22.7 Å². The Balaban J connectivity index is 1.84. The molecule has 1 aliphatic heterocycles. The van der Waals surface area contributed by atoms with Crippen molar-refractivity contribution in [1.82, 2.24) is 20.5 Å². The predicted molar refractivity (Wildman–Crippen MR) is 88.8 cm³/mol. The summed E-state index contributed by atoms with van der Waals surface area (Å²) in [6, 6.07) is 6.58. The van der Waals surface area contributed by atoms with Gasteiger partial charge in [0.25, 0.3) is 0 Å². The molecule has 2 unspecified atom stereocenters. The first kappa shape index (κ1) is 14.8. The second-order valence-electron chi connectivity index (χ2n) is 5.49. The van der Waals surface area contributed by atoms with Crippen molar-refractivity contribution in [2.24, 2.45) is 0 Å². The standard InChI is InChI=1S/C14H17BrClN5/c1-8-6-21(7-9(2)17-8)14-18-13(19-20-14)10-3-4-12(16)11(15)5-10/h3-5,8-9,17H,6-7H2,1-2H3,(H,18,19,20). The number of benzene rings is 1. The number of nitrogens with one attached hydrogen (secondary N) is 2. The van der Waals surface area contributed by atoms with Crippen molar-refractivity contribution in [2.45, 2.75) is 25.9 Å². The van der Waals surface area contributed by atoms with Gasteiger partial charge in [-0.25, -0.2) is 0 Å². The van der Waals surface area contributed by atoms with Gasteiger partial charge in [-0.1, -0.05) is 11.6 Å². The van der Waals surface area contributed by atoms with Crippen LogP contribution in [-0.4, -0.2) is 40.4 Å². The smallest absolute Gasteiger partial charge is 0.245 e. The summed E-state index contributed by atoms with van der Waals surface area (Å²) in [6.07, 6.45) is 0. The number of nitrogens with zero attached hydrogens (tertiary/aromatic N) is 3. The van der Waals surface area contributed by atoms with E-state index in [2.05, 4.69) is 55.2 Å². The van der Waals surface area contributed by atoms with Crippen molar-refractivity contribution in [3.05, 3.63) is 27.7 Å². The molecule has 0 radical (unpaired) electrons. The molecular formula is C14H17BrClN5. The van der Waals surface area contributed by atoms with Crippen LogP contribution in [0.4, 0.5) is 5.95 Å². The van der Waals surface area contributed by atoms with Crippen LogP contribution in [-0.2, 0) is 0 Å². The number of aromatic nitrogens is 3. The fourth-order valence-electron chi connectivity index (χ4n) is 2.66. The third-order valence-electron chi connectivity index (χ3n) is 3.51. The first-order valence-electron chi connectivity index (χ1n) is 6.92. The molecular weight excluding hydrogens is 354 g/mol. The number of rotatable bonds is 2. The van der Waals surface area contributed by atoms with Crippen molar-refractivity contribution in [2.75, 3.05) is 18.0 Å². The summed E-state index contributed by atoms with van der Waals surface area (Å²) in [6.45, 7) is 6.16. The van der Waals surface area contributed by atoms with Crippen molar-refractivity contribution in [3.8, 4) is 11.4 Å². The van der Waals surface area contributed by atoms with Crippen LogP contribution in [0.2, 0.25) is 5.02 Å². The van der Waals surface area contributed by atoms with Crippen LogP contribution in [0.25, 0.3) is 11.4 Å². The number of hydrogen-bond acceptors (Lipinski definition) is 4. The normalized spacial score (nSPS) is 22.6. The molecule has 2 aromatic rings. The number of halogens is 2. The maximum absolute atomic E-state index is 6.02. The van der Waals surface area contributed by atoms with E-state index in [9.17, 15) is 0 Å². The average molecular weight is 371 g/mol. The van der Waals surface area contributed by atoms with Gasteiger partial charge in [-0.3, -0.25) is 5.10 Å². The van der Waals surface area contributed by atoms with E-state index in [1.54, 1.807) is 0 Å². The Morgan fingerprint density at radius 2 is 2.00 bits per heavy atom. The first-order valence-corrected chi connectivity index (χ1v) is 8.09. The third kappa shape index (κ3) is 3.22. The fourth-order valence-corrected chi connectivity index (χ4v) is 3.15. The van der Waals surface area contributed by atoms with Crippen molar-refractivity contribution >= 4 is 33.5 Å². The summed E-state index contributed by atoms with van der Waals surface area (Å²) in [4.78, 5) is 6.82. The van der Waals surface area contributed by atoms with E-state index in [0.29, 0.717) is 17.1 Å². The Hall–Kier alpha value is -1.11. The van der Waals surface area contributed by atoms with Gasteiger partial charge in [0.1, 0.15) is 0 Å². The maximum atomic E-state index is 6.02. The lowest BCUT2D eigenvalue weighted by Crippen LogP contribution is -2.54. The quantitative estimate of drug-likeness (QED) is 0.853. The van der Waals surface area contributed by atoms with Crippen LogP contribution in [0.3, 0.4) is 0 Å². The summed E-state index contributed by atoms with van der Waals surface area (Å²) >= 11 is 9.45. The SMILES string of the molecule is CC1CN(c2n[nH]c(-c3ccc(Cl)c(Br)c3)n2)CC(C)N1. The second kappa shape index (κ2) is 5.94. The fraction of sp³-hybridized carbons (Fsp3) is 0.429. The van der Waals surface area contributed by atoms with Crippen LogP contribution >= 0.6 is 27.5 Å². The van der Waals surface area contributed by atoms with Gasteiger partial charge >= 0.3 is 0 Å². The summed E-state index contributed by atoms with van der Waals surface area (Å²) in [5.74, 6) is 1.50. The monoisotopic (exact) mass is 369 g/mol. The van der Waals surface area contributed by atoms with Crippen molar-refractivity contribution < 1.29 is 0 Å². The second-order valence-corrected chi connectivity index (χ2v) is 6.75. The van der Waals surface area contributed by atoms with E-state index < -0.39 is 0 Å². The average Bonchev–Trinajstić information content (AvgIpc) is 2.90. The summed E-state index contributed by atoms with van der Waals surface area (Å²) in [5, 5.41) is 11.5. The minimum atomic E-state index is 0.431. The zero-order valence-electron chi connectivity index (χ0n) is 11.9. The first-order chi connectivity index (χ1) is 10.0. The Morgan fingerprint density at radius 1 is 1.29 bits per heavy atom. The molecule has 21 heavy (non-hydrogen) atoms. The van der Waals surface area contributed by atoms with Gasteiger partial charge in [-0.15, -0.1) is 5.10 Å². The number of piperazine rings is 1. The molecule has 1 fully saturated rings. The minimum absolute atomic E-state index is 0.431. The lowest BCUT2D eigenvalue weighted by molar-refractivity contribution is 0.403. The molecule has 3 rings (SSSR count). The third-order valence-corrected chi connectivity index (χ3v) is 4.72. The van der Waals surface area contributed by atoms with E-state index in [-0.39, 0.29) is 0 Å². The van der Waals surface area contributed by atoms with Gasteiger partial charge in [0.2, 0.25) is 5.95 Å². The molecule has 1 aromatic heterocycles. The predicted octanol–water partition coefficient (Wildman–Crippen LogP) is 3.07. The topological polar surface area (TPSA) is 56.8 Å². The summed E-state index contributed by atoms with van der Waals surface area (Å²) < 4.78 is 0.851. The molecule has 5 nitrogen and oxygen atoms in total. The van der Waals surface area contributed by atoms with E-state index in [4.69, 9.17) is 11.6 Å². The summed E-state index contributed by atoms with van der Waals surface area (Å²) in [5.41, 5.74) is 0.959. The lowest BCUT2D eigenvalue weighted by Gasteiger charge is -2.35. The molecule has 7 heteroatoms. The van der Waals surface area contributed by atoms with Gasteiger partial charge in [0.15, 0.2) is 5.82 Å². The largest absolute Gasteiger partial charge is 0.336 e. The summed E-state index contributed by atoms with van der Waals surface area (Å²) in [7, 11) is 0. The highest BCUT2D eigenvalue weighted by Crippen LogP contribution is 2.28. The highest BCUT2D eigenvalue weighted by atomic mass is 79.9. The number of hydrogen-bond donors (Lipinski definition) is 2. The lowest BCUT2D eigenvalue weighted by atomic mass is 10.1. The van der Waals surface area contributed by atoms with E-state index in [1.807, 2.05) is 18.2 Å². The van der Waals surface area contributed by atoms with E-state index >= 15 is 0 Å². The highest BCUT2D eigenvalue weighted by molar-refractivity contribution is 9.10. The highest BCUT2D eigenvalue weighted by Gasteiger charge is 2.23. The zero-order chi connectivity index (χ0) is 15.0. The van der Waals surface area contributed by atoms with Gasteiger partial charge in [0, 0.05) is 35.2 Å². The van der Waals surface area contributed by atoms with Crippen LogP contribution in [0.1, 0.15) is 13.8 Å². The van der Waals surface area contributed by atoms with Crippen LogP contribution < -0.4 is 10.2 Å².